The number of carbonyl (C=O) groups excluding carboxylic acids is 1. The van der Waals surface area contributed by atoms with E-state index in [1.807, 2.05) is 41.0 Å². The van der Waals surface area contributed by atoms with Crippen molar-refractivity contribution >= 4 is 23.9 Å². The van der Waals surface area contributed by atoms with Crippen molar-refractivity contribution in [2.75, 3.05) is 31.1 Å². The van der Waals surface area contributed by atoms with Crippen molar-refractivity contribution in [3.05, 3.63) is 82.6 Å². The summed E-state index contributed by atoms with van der Waals surface area (Å²) in [6.45, 7) is 4.10. The van der Waals surface area contributed by atoms with Gasteiger partial charge in [0.05, 0.1) is 0 Å². The van der Waals surface area contributed by atoms with E-state index < -0.39 is 0 Å². The van der Waals surface area contributed by atoms with Crippen LogP contribution in [0.2, 0.25) is 0 Å². The molecule has 0 bridgehead atoms. The van der Waals surface area contributed by atoms with E-state index >= 15 is 0 Å². The molecule has 2 heterocycles. The van der Waals surface area contributed by atoms with Gasteiger partial charge in [-0.1, -0.05) is 29.8 Å². The average Bonchev–Trinajstić information content (AvgIpc) is 3.22. The van der Waals surface area contributed by atoms with Crippen molar-refractivity contribution < 1.29 is 13.6 Å². The molecule has 7 heteroatoms. The van der Waals surface area contributed by atoms with Gasteiger partial charge in [-0.15, -0.1) is 0 Å². The highest BCUT2D eigenvalue weighted by molar-refractivity contribution is 5.94. The highest BCUT2D eigenvalue weighted by Gasteiger charge is 2.26. The van der Waals surface area contributed by atoms with Gasteiger partial charge >= 0.3 is 0 Å². The Morgan fingerprint density at radius 3 is 2.55 bits per heavy atom. The fourth-order valence-corrected chi connectivity index (χ4v) is 3.50. The van der Waals surface area contributed by atoms with Gasteiger partial charge < -0.3 is 14.2 Å². The molecule has 1 saturated heterocycles. The van der Waals surface area contributed by atoms with Crippen LogP contribution in [0.3, 0.4) is 0 Å². The van der Waals surface area contributed by atoms with Gasteiger partial charge in [-0.25, -0.2) is 4.39 Å². The Morgan fingerprint density at radius 1 is 1.13 bits per heavy atom. The van der Waals surface area contributed by atoms with E-state index in [4.69, 9.17) is 4.42 Å². The summed E-state index contributed by atoms with van der Waals surface area (Å²) in [5.74, 6) is 0.407. The second-order valence-electron chi connectivity index (χ2n) is 7.35. The van der Waals surface area contributed by atoms with Crippen molar-refractivity contribution in [1.82, 2.24) is 9.88 Å². The molecule has 0 aliphatic carbocycles. The van der Waals surface area contributed by atoms with E-state index in [0.29, 0.717) is 43.5 Å². The lowest BCUT2D eigenvalue weighted by molar-refractivity contribution is 0.0745. The monoisotopic (exact) mass is 416 g/mol. The van der Waals surface area contributed by atoms with Crippen molar-refractivity contribution in [3.63, 3.8) is 0 Å². The normalized spacial score (nSPS) is 14.1. The van der Waals surface area contributed by atoms with Crippen LogP contribution in [0.1, 0.15) is 33.1 Å². The fourth-order valence-electron chi connectivity index (χ4n) is 3.50. The first-order valence-corrected chi connectivity index (χ1v) is 9.99. The number of nitriles is 1. The van der Waals surface area contributed by atoms with Gasteiger partial charge in [0.25, 0.3) is 5.91 Å². The Morgan fingerprint density at radius 2 is 1.87 bits per heavy atom. The maximum atomic E-state index is 13.0. The Balaban J connectivity index is 1.44. The molecule has 3 aromatic rings. The third-order valence-corrected chi connectivity index (χ3v) is 5.14. The SMILES string of the molecule is Cc1cccc(C(=O)N2CCN(c3oc(C=Cc4ccc(F)cc4)nc3C#N)CC2)c1. The predicted octanol–water partition coefficient (Wildman–Crippen LogP) is 4.13. The number of nitrogens with zero attached hydrogens (tertiary/aromatic N) is 4. The molecule has 1 aliphatic rings. The number of rotatable bonds is 4. The number of carbonyl (C=O) groups is 1. The molecule has 6 nitrogen and oxygen atoms in total. The lowest BCUT2D eigenvalue weighted by Gasteiger charge is -2.34. The molecule has 0 unspecified atom stereocenters. The Hall–Kier alpha value is -3.92. The summed E-state index contributed by atoms with van der Waals surface area (Å²) < 4.78 is 18.8. The molecule has 31 heavy (non-hydrogen) atoms. The highest BCUT2D eigenvalue weighted by Crippen LogP contribution is 2.24. The van der Waals surface area contributed by atoms with Crippen molar-refractivity contribution in [2.24, 2.45) is 0 Å². The van der Waals surface area contributed by atoms with Crippen LogP contribution in [0, 0.1) is 24.1 Å². The molecular weight excluding hydrogens is 395 g/mol. The molecular formula is C24H21FN4O2. The number of aryl methyl sites for hydroxylation is 1. The van der Waals surface area contributed by atoms with Gasteiger partial charge in [0.15, 0.2) is 0 Å². The second-order valence-corrected chi connectivity index (χ2v) is 7.35. The maximum absolute atomic E-state index is 13.0. The molecule has 1 amide bonds. The van der Waals surface area contributed by atoms with Crippen molar-refractivity contribution in [2.45, 2.75) is 6.92 Å². The van der Waals surface area contributed by atoms with Gasteiger partial charge in [-0.05, 0) is 42.8 Å². The smallest absolute Gasteiger partial charge is 0.253 e. The van der Waals surface area contributed by atoms with Gasteiger partial charge in [0, 0.05) is 37.8 Å². The number of amides is 1. The third kappa shape index (κ3) is 4.64. The van der Waals surface area contributed by atoms with Crippen LogP contribution in [0.4, 0.5) is 10.3 Å². The first-order chi connectivity index (χ1) is 15.0. The predicted molar refractivity (Wildman–Crippen MR) is 116 cm³/mol. The van der Waals surface area contributed by atoms with Crippen LogP contribution in [0.15, 0.2) is 52.9 Å². The average molecular weight is 416 g/mol. The number of aromatic nitrogens is 1. The molecule has 1 aliphatic heterocycles. The zero-order valence-corrected chi connectivity index (χ0v) is 17.1. The topological polar surface area (TPSA) is 73.4 Å². The van der Waals surface area contributed by atoms with Crippen molar-refractivity contribution in [3.8, 4) is 6.07 Å². The summed E-state index contributed by atoms with van der Waals surface area (Å²) in [6.07, 6.45) is 3.39. The molecule has 0 atom stereocenters. The molecule has 0 radical (unpaired) electrons. The number of hydrogen-bond acceptors (Lipinski definition) is 5. The number of oxazole rings is 1. The summed E-state index contributed by atoms with van der Waals surface area (Å²) in [4.78, 5) is 20.7. The fraction of sp³-hybridized carbons (Fsp3) is 0.208. The molecule has 156 valence electrons. The first-order valence-electron chi connectivity index (χ1n) is 9.99. The minimum atomic E-state index is -0.303. The molecule has 1 fully saturated rings. The van der Waals surface area contributed by atoms with Gasteiger partial charge in [-0.3, -0.25) is 4.79 Å². The van der Waals surface area contributed by atoms with Crippen LogP contribution >= 0.6 is 0 Å². The summed E-state index contributed by atoms with van der Waals surface area (Å²) in [5.41, 5.74) is 2.73. The largest absolute Gasteiger partial charge is 0.420 e. The molecule has 0 saturated carbocycles. The van der Waals surface area contributed by atoms with Crippen LogP contribution < -0.4 is 4.90 Å². The third-order valence-electron chi connectivity index (χ3n) is 5.14. The standard InChI is InChI=1S/C24H21FN4O2/c1-17-3-2-4-19(15-17)23(30)28-11-13-29(14-12-28)24-21(16-26)27-22(31-24)10-7-18-5-8-20(25)9-6-18/h2-10,15H,11-14H2,1H3. The quantitative estimate of drug-likeness (QED) is 0.640. The summed E-state index contributed by atoms with van der Waals surface area (Å²) in [5, 5.41) is 9.46. The first kappa shape index (κ1) is 20.4. The minimum absolute atomic E-state index is 0.00402. The molecule has 2 aromatic carbocycles. The van der Waals surface area contributed by atoms with Crippen LogP contribution in [-0.4, -0.2) is 42.0 Å². The van der Waals surface area contributed by atoms with E-state index in [1.165, 1.54) is 12.1 Å². The molecule has 4 rings (SSSR count). The lowest BCUT2D eigenvalue weighted by Crippen LogP contribution is -2.48. The maximum Gasteiger partial charge on any atom is 0.253 e. The van der Waals surface area contributed by atoms with E-state index in [2.05, 4.69) is 11.1 Å². The highest BCUT2D eigenvalue weighted by atomic mass is 19.1. The van der Waals surface area contributed by atoms with E-state index in [9.17, 15) is 14.4 Å². The number of halogens is 1. The number of anilines is 1. The minimum Gasteiger partial charge on any atom is -0.420 e. The number of benzene rings is 2. The molecule has 1 aromatic heterocycles. The zero-order valence-electron chi connectivity index (χ0n) is 17.1. The van der Waals surface area contributed by atoms with Crippen LogP contribution in [0.5, 0.6) is 0 Å². The lowest BCUT2D eigenvalue weighted by atomic mass is 10.1. The zero-order chi connectivity index (χ0) is 21.8. The van der Waals surface area contributed by atoms with Crippen LogP contribution in [-0.2, 0) is 0 Å². The number of piperazine rings is 1. The Kier molecular flexibility index (Phi) is 5.80. The van der Waals surface area contributed by atoms with E-state index in [-0.39, 0.29) is 17.4 Å². The summed E-state index contributed by atoms with van der Waals surface area (Å²) in [7, 11) is 0. The van der Waals surface area contributed by atoms with Crippen LogP contribution in [0.25, 0.3) is 12.2 Å². The van der Waals surface area contributed by atoms with Gasteiger partial charge in [0.2, 0.25) is 17.5 Å². The number of hydrogen-bond donors (Lipinski definition) is 0. The van der Waals surface area contributed by atoms with E-state index in [0.717, 1.165) is 11.1 Å². The molecule has 0 N–H and O–H groups in total. The Bertz CT molecular complexity index is 1150. The Labute approximate surface area is 179 Å². The van der Waals surface area contributed by atoms with Gasteiger partial charge in [0.1, 0.15) is 11.9 Å². The summed E-state index contributed by atoms with van der Waals surface area (Å²) in [6, 6.07) is 15.7. The van der Waals surface area contributed by atoms with E-state index in [1.54, 1.807) is 24.3 Å². The van der Waals surface area contributed by atoms with Gasteiger partial charge in [-0.2, -0.15) is 10.2 Å². The second kappa shape index (κ2) is 8.84. The summed E-state index contributed by atoms with van der Waals surface area (Å²) >= 11 is 0. The van der Waals surface area contributed by atoms with Crippen molar-refractivity contribution in [1.29, 1.82) is 5.26 Å². The molecule has 0 spiro atoms.